The molecule has 0 saturated carbocycles. The van der Waals surface area contributed by atoms with Crippen LogP contribution in [0.25, 0.3) is 0 Å². The van der Waals surface area contributed by atoms with Crippen molar-refractivity contribution in [3.63, 3.8) is 0 Å². The monoisotopic (exact) mass is 297 g/mol. The van der Waals surface area contributed by atoms with Crippen LogP contribution >= 0.6 is 0 Å². The van der Waals surface area contributed by atoms with Crippen LogP contribution in [0.2, 0.25) is 0 Å². The minimum absolute atomic E-state index is 0.156. The molecule has 0 aromatic heterocycles. The van der Waals surface area contributed by atoms with E-state index >= 15 is 0 Å². The van der Waals surface area contributed by atoms with E-state index in [1.807, 2.05) is 37.3 Å². The molecule has 21 heavy (non-hydrogen) atoms. The first-order chi connectivity index (χ1) is 10.0. The molecule has 0 heterocycles. The molecule has 0 bridgehead atoms. The Bertz CT molecular complexity index is 587. The highest BCUT2D eigenvalue weighted by Crippen LogP contribution is 2.25. The third-order valence-corrected chi connectivity index (χ3v) is 3.36. The van der Waals surface area contributed by atoms with Crippen molar-refractivity contribution in [1.82, 2.24) is 0 Å². The minimum atomic E-state index is -1.41. The summed E-state index contributed by atoms with van der Waals surface area (Å²) in [5.41, 5.74) is 0.332. The van der Waals surface area contributed by atoms with E-state index in [4.69, 9.17) is 0 Å². The molecule has 1 nitrogen and oxygen atoms in total. The molecule has 1 N–H and O–H groups in total. The largest absolute Gasteiger partial charge is 0.380 e. The van der Waals surface area contributed by atoms with Gasteiger partial charge in [0.2, 0.25) is 0 Å². The lowest BCUT2D eigenvalue weighted by Crippen LogP contribution is -2.10. The van der Waals surface area contributed by atoms with E-state index in [0.29, 0.717) is 6.42 Å². The van der Waals surface area contributed by atoms with Gasteiger partial charge >= 0.3 is 0 Å². The molecule has 1 unspecified atom stereocenters. The number of rotatable bonds is 5. The lowest BCUT2D eigenvalue weighted by atomic mass is 9.98. The Balaban J connectivity index is 2.01. The zero-order valence-corrected chi connectivity index (χ0v) is 11.5. The lowest BCUT2D eigenvalue weighted by molar-refractivity contribution is 0.458. The third-order valence-electron chi connectivity index (χ3n) is 3.36. The van der Waals surface area contributed by atoms with Crippen LogP contribution in [0.4, 0.5) is 23.2 Å². The zero-order valence-electron chi connectivity index (χ0n) is 11.5. The van der Waals surface area contributed by atoms with Crippen LogP contribution < -0.4 is 5.32 Å². The summed E-state index contributed by atoms with van der Waals surface area (Å²) in [6.45, 7) is 2.17. The summed E-state index contributed by atoms with van der Waals surface area (Å²) in [4.78, 5) is 0. The van der Waals surface area contributed by atoms with Crippen LogP contribution in [0.15, 0.2) is 36.4 Å². The summed E-state index contributed by atoms with van der Waals surface area (Å²) in [5.74, 6) is -5.47. The third kappa shape index (κ3) is 3.54. The van der Waals surface area contributed by atoms with E-state index in [1.165, 1.54) is 0 Å². The average molecular weight is 297 g/mol. The number of nitrogens with one attached hydrogen (secondary N) is 1. The summed E-state index contributed by atoms with van der Waals surface area (Å²) in [5, 5.41) is 2.43. The van der Waals surface area contributed by atoms with Crippen molar-refractivity contribution >= 4 is 5.69 Å². The average Bonchev–Trinajstić information content (AvgIpc) is 2.49. The Hall–Kier alpha value is -2.04. The van der Waals surface area contributed by atoms with Gasteiger partial charge in [0.1, 0.15) is 5.69 Å². The predicted octanol–water partition coefficient (Wildman–Crippen LogP) is 4.85. The second kappa shape index (κ2) is 6.61. The molecule has 2 aromatic rings. The summed E-state index contributed by atoms with van der Waals surface area (Å²) >= 11 is 0. The maximum absolute atomic E-state index is 13.4. The van der Waals surface area contributed by atoms with E-state index < -0.39 is 29.0 Å². The van der Waals surface area contributed by atoms with Crippen molar-refractivity contribution in [3.8, 4) is 0 Å². The van der Waals surface area contributed by atoms with Gasteiger partial charge in [-0.3, -0.25) is 0 Å². The molecule has 0 aliphatic carbocycles. The first-order valence-corrected chi connectivity index (χ1v) is 6.62. The Kier molecular flexibility index (Phi) is 4.83. The first-order valence-electron chi connectivity index (χ1n) is 6.62. The molecule has 0 saturated heterocycles. The summed E-state index contributed by atoms with van der Waals surface area (Å²) in [6, 6.07) is 9.81. The van der Waals surface area contributed by atoms with Gasteiger partial charge in [-0.1, -0.05) is 37.3 Å². The maximum Gasteiger partial charge on any atom is 0.185 e. The van der Waals surface area contributed by atoms with E-state index in [1.54, 1.807) is 0 Å². The highest BCUT2D eigenvalue weighted by atomic mass is 19.2. The Morgan fingerprint density at radius 3 is 2.10 bits per heavy atom. The van der Waals surface area contributed by atoms with Gasteiger partial charge in [0.05, 0.1) is 0 Å². The zero-order chi connectivity index (χ0) is 15.4. The van der Waals surface area contributed by atoms with E-state index in [9.17, 15) is 17.6 Å². The summed E-state index contributed by atoms with van der Waals surface area (Å²) in [6.07, 6.45) is 0.570. The SMILES string of the molecule is CC(CCNc1c(F)c(F)cc(F)c1F)c1ccccc1. The van der Waals surface area contributed by atoms with Crippen LogP contribution in [0.3, 0.4) is 0 Å². The number of halogens is 4. The molecule has 0 spiro atoms. The van der Waals surface area contributed by atoms with Crippen molar-refractivity contribution in [2.24, 2.45) is 0 Å². The predicted molar refractivity (Wildman–Crippen MR) is 74.2 cm³/mol. The van der Waals surface area contributed by atoms with Gasteiger partial charge in [0.25, 0.3) is 0 Å². The molecule has 0 aliphatic rings. The van der Waals surface area contributed by atoms with Gasteiger partial charge in [-0.15, -0.1) is 0 Å². The van der Waals surface area contributed by atoms with E-state index in [0.717, 1.165) is 5.56 Å². The molecule has 1 atom stereocenters. The molecular weight excluding hydrogens is 282 g/mol. The Morgan fingerprint density at radius 2 is 1.52 bits per heavy atom. The maximum atomic E-state index is 13.4. The molecule has 0 amide bonds. The second-order valence-electron chi connectivity index (χ2n) is 4.87. The van der Waals surface area contributed by atoms with Crippen LogP contribution in [0.1, 0.15) is 24.8 Å². The molecular formula is C16H15F4N. The highest BCUT2D eigenvalue weighted by Gasteiger charge is 2.18. The van der Waals surface area contributed by atoms with Crippen molar-refractivity contribution in [2.45, 2.75) is 19.3 Å². The normalized spacial score (nSPS) is 12.2. The number of benzene rings is 2. The standard InChI is InChI=1S/C16H15F4N/c1-10(11-5-3-2-4-6-11)7-8-21-16-14(19)12(17)9-13(18)15(16)20/h2-6,9-10,21H,7-8H2,1H3. The van der Waals surface area contributed by atoms with Crippen molar-refractivity contribution in [2.75, 3.05) is 11.9 Å². The Labute approximate surface area is 120 Å². The van der Waals surface area contributed by atoms with Crippen molar-refractivity contribution < 1.29 is 17.6 Å². The minimum Gasteiger partial charge on any atom is -0.380 e. The number of hydrogen-bond donors (Lipinski definition) is 1. The van der Waals surface area contributed by atoms with Gasteiger partial charge in [-0.05, 0) is 17.9 Å². The second-order valence-corrected chi connectivity index (χ2v) is 4.87. The number of anilines is 1. The van der Waals surface area contributed by atoms with E-state index in [-0.39, 0.29) is 18.5 Å². The van der Waals surface area contributed by atoms with Gasteiger partial charge in [-0.25, -0.2) is 17.6 Å². The molecule has 112 valence electrons. The fourth-order valence-electron chi connectivity index (χ4n) is 2.09. The van der Waals surface area contributed by atoms with Gasteiger partial charge in [0, 0.05) is 12.6 Å². The smallest absolute Gasteiger partial charge is 0.185 e. The van der Waals surface area contributed by atoms with Crippen LogP contribution in [0, 0.1) is 23.3 Å². The van der Waals surface area contributed by atoms with Crippen LogP contribution in [0.5, 0.6) is 0 Å². The summed E-state index contributed by atoms with van der Waals surface area (Å²) in [7, 11) is 0. The Morgan fingerprint density at radius 1 is 0.952 bits per heavy atom. The molecule has 5 heteroatoms. The van der Waals surface area contributed by atoms with Gasteiger partial charge < -0.3 is 5.32 Å². The molecule has 0 fully saturated rings. The van der Waals surface area contributed by atoms with Crippen molar-refractivity contribution in [3.05, 3.63) is 65.2 Å². The topological polar surface area (TPSA) is 12.0 Å². The van der Waals surface area contributed by atoms with Crippen molar-refractivity contribution in [1.29, 1.82) is 0 Å². The van der Waals surface area contributed by atoms with Crippen LogP contribution in [-0.4, -0.2) is 6.54 Å². The molecule has 2 aromatic carbocycles. The quantitative estimate of drug-likeness (QED) is 0.614. The molecule has 0 radical (unpaired) electrons. The fourth-order valence-corrected chi connectivity index (χ4v) is 2.09. The lowest BCUT2D eigenvalue weighted by Gasteiger charge is -2.14. The highest BCUT2D eigenvalue weighted by molar-refractivity contribution is 5.47. The van der Waals surface area contributed by atoms with E-state index in [2.05, 4.69) is 5.32 Å². The first kappa shape index (κ1) is 15.4. The summed E-state index contributed by atoms with van der Waals surface area (Å²) < 4.78 is 53.0. The van der Waals surface area contributed by atoms with Gasteiger partial charge in [0.15, 0.2) is 23.3 Å². The van der Waals surface area contributed by atoms with Gasteiger partial charge in [-0.2, -0.15) is 0 Å². The molecule has 0 aliphatic heterocycles. The fraction of sp³-hybridized carbons (Fsp3) is 0.250. The number of hydrogen-bond acceptors (Lipinski definition) is 1. The van der Waals surface area contributed by atoms with Crippen LogP contribution in [-0.2, 0) is 0 Å². The molecule has 2 rings (SSSR count).